The summed E-state index contributed by atoms with van der Waals surface area (Å²) in [6.07, 6.45) is 0. The molecule has 0 spiro atoms. The maximum Gasteiger partial charge on any atom is 0.241 e. The smallest absolute Gasteiger partial charge is 0.241 e. The molecule has 0 amide bonds. The molecule has 0 radical (unpaired) electrons. The Morgan fingerprint density at radius 3 is 2.53 bits per heavy atom. The van der Waals surface area contributed by atoms with Gasteiger partial charge in [-0.2, -0.15) is 0 Å². The van der Waals surface area contributed by atoms with Crippen molar-refractivity contribution in [2.75, 3.05) is 6.61 Å². The van der Waals surface area contributed by atoms with Gasteiger partial charge in [-0.25, -0.2) is 17.5 Å². The van der Waals surface area contributed by atoms with Crippen LogP contribution in [0.5, 0.6) is 0 Å². The van der Waals surface area contributed by atoms with Crippen LogP contribution in [0.15, 0.2) is 29.2 Å². The van der Waals surface area contributed by atoms with E-state index < -0.39 is 21.9 Å². The van der Waals surface area contributed by atoms with Crippen LogP contribution in [-0.4, -0.2) is 26.2 Å². The van der Waals surface area contributed by atoms with Gasteiger partial charge in [0.05, 0.1) is 11.5 Å². The summed E-state index contributed by atoms with van der Waals surface area (Å²) in [5, 5.41) is 9.06. The van der Waals surface area contributed by atoms with Crippen LogP contribution in [0, 0.1) is 11.7 Å². The Kier molecular flexibility index (Phi) is 4.62. The van der Waals surface area contributed by atoms with Crippen LogP contribution in [0.25, 0.3) is 0 Å². The number of halogens is 1. The van der Waals surface area contributed by atoms with E-state index in [0.29, 0.717) is 0 Å². The van der Waals surface area contributed by atoms with Gasteiger partial charge in [0.15, 0.2) is 0 Å². The van der Waals surface area contributed by atoms with E-state index >= 15 is 0 Å². The molecule has 0 heterocycles. The van der Waals surface area contributed by atoms with Crippen molar-refractivity contribution in [3.8, 4) is 0 Å². The van der Waals surface area contributed by atoms with Crippen LogP contribution in [-0.2, 0) is 10.0 Å². The summed E-state index contributed by atoms with van der Waals surface area (Å²) in [6.45, 7) is 3.27. The van der Waals surface area contributed by atoms with E-state index in [2.05, 4.69) is 4.72 Å². The molecular weight excluding hydrogens is 245 g/mol. The number of hydrogen-bond acceptors (Lipinski definition) is 3. The van der Waals surface area contributed by atoms with Crippen molar-refractivity contribution in [3.63, 3.8) is 0 Å². The maximum atomic E-state index is 12.9. The minimum absolute atomic E-state index is 0.0525. The Morgan fingerprint density at radius 1 is 1.41 bits per heavy atom. The van der Waals surface area contributed by atoms with Crippen LogP contribution in [0.4, 0.5) is 4.39 Å². The first kappa shape index (κ1) is 14.1. The summed E-state index contributed by atoms with van der Waals surface area (Å²) >= 11 is 0. The number of nitrogens with one attached hydrogen (secondary N) is 1. The number of sulfonamides is 1. The molecule has 1 atom stereocenters. The third-order valence-corrected chi connectivity index (χ3v) is 3.90. The van der Waals surface area contributed by atoms with Gasteiger partial charge < -0.3 is 5.11 Å². The molecule has 0 aliphatic rings. The second-order valence-electron chi connectivity index (χ2n) is 4.11. The molecule has 0 aliphatic heterocycles. The molecule has 96 valence electrons. The first-order valence-electron chi connectivity index (χ1n) is 5.25. The number of rotatable bonds is 5. The summed E-state index contributed by atoms with van der Waals surface area (Å²) in [4.78, 5) is -0.142. The third kappa shape index (κ3) is 3.76. The van der Waals surface area contributed by atoms with E-state index in [9.17, 15) is 12.8 Å². The van der Waals surface area contributed by atoms with Crippen molar-refractivity contribution in [1.29, 1.82) is 0 Å². The normalized spacial score (nSPS) is 13.9. The topological polar surface area (TPSA) is 66.4 Å². The van der Waals surface area contributed by atoms with E-state index in [1.807, 2.05) is 0 Å². The molecule has 1 aromatic carbocycles. The summed E-state index contributed by atoms with van der Waals surface area (Å²) in [6, 6.07) is 4.17. The van der Waals surface area contributed by atoms with Crippen molar-refractivity contribution < 1.29 is 17.9 Å². The Hall–Kier alpha value is -0.980. The fourth-order valence-electron chi connectivity index (χ4n) is 1.29. The standard InChI is InChI=1S/C11H16FNO3S/c1-8(2)11(7-14)13-17(15,16)10-5-3-4-9(12)6-10/h3-6,8,11,13-14H,7H2,1-2H3/t11-/m1/s1. The lowest BCUT2D eigenvalue weighted by atomic mass is 10.1. The monoisotopic (exact) mass is 261 g/mol. The summed E-state index contributed by atoms with van der Waals surface area (Å²) in [5.41, 5.74) is 0. The lowest BCUT2D eigenvalue weighted by molar-refractivity contribution is 0.227. The lowest BCUT2D eigenvalue weighted by Crippen LogP contribution is -2.41. The summed E-state index contributed by atoms with van der Waals surface area (Å²) in [7, 11) is -3.79. The first-order chi connectivity index (χ1) is 7.86. The van der Waals surface area contributed by atoms with Crippen LogP contribution >= 0.6 is 0 Å². The van der Waals surface area contributed by atoms with Gasteiger partial charge in [0.25, 0.3) is 0 Å². The second-order valence-corrected chi connectivity index (χ2v) is 5.83. The van der Waals surface area contributed by atoms with Gasteiger partial charge in [-0.05, 0) is 24.1 Å². The molecule has 1 aromatic rings. The van der Waals surface area contributed by atoms with Gasteiger partial charge in [-0.3, -0.25) is 0 Å². The maximum absolute atomic E-state index is 12.9. The largest absolute Gasteiger partial charge is 0.395 e. The third-order valence-electron chi connectivity index (χ3n) is 2.41. The number of benzene rings is 1. The Balaban J connectivity index is 2.96. The molecule has 1 rings (SSSR count). The van der Waals surface area contributed by atoms with Gasteiger partial charge in [0.2, 0.25) is 10.0 Å². The van der Waals surface area contributed by atoms with Crippen LogP contribution < -0.4 is 4.72 Å². The molecular formula is C11H16FNO3S. The molecule has 0 aromatic heterocycles. The van der Waals surface area contributed by atoms with Crippen molar-refractivity contribution in [3.05, 3.63) is 30.1 Å². The van der Waals surface area contributed by atoms with Gasteiger partial charge in [-0.1, -0.05) is 19.9 Å². The molecule has 17 heavy (non-hydrogen) atoms. The Morgan fingerprint density at radius 2 is 2.06 bits per heavy atom. The predicted molar refractivity (Wildman–Crippen MR) is 62.4 cm³/mol. The highest BCUT2D eigenvalue weighted by molar-refractivity contribution is 7.89. The molecule has 0 saturated carbocycles. The lowest BCUT2D eigenvalue weighted by Gasteiger charge is -2.19. The molecule has 6 heteroatoms. The number of aliphatic hydroxyl groups excluding tert-OH is 1. The van der Waals surface area contributed by atoms with E-state index in [1.165, 1.54) is 18.2 Å². The van der Waals surface area contributed by atoms with E-state index in [0.717, 1.165) is 6.07 Å². The minimum atomic E-state index is -3.79. The minimum Gasteiger partial charge on any atom is -0.395 e. The van der Waals surface area contributed by atoms with Gasteiger partial charge in [0, 0.05) is 6.04 Å². The Bertz CT molecular complexity index is 473. The van der Waals surface area contributed by atoms with Crippen molar-refractivity contribution in [2.24, 2.45) is 5.92 Å². The van der Waals surface area contributed by atoms with E-state index in [4.69, 9.17) is 5.11 Å². The molecule has 0 aliphatic carbocycles. The summed E-state index contributed by atoms with van der Waals surface area (Å²) < 4.78 is 39.0. The average molecular weight is 261 g/mol. The van der Waals surface area contributed by atoms with Crippen molar-refractivity contribution in [1.82, 2.24) is 4.72 Å². The van der Waals surface area contributed by atoms with Crippen LogP contribution in [0.3, 0.4) is 0 Å². The number of hydrogen-bond donors (Lipinski definition) is 2. The van der Waals surface area contributed by atoms with Crippen molar-refractivity contribution >= 4 is 10.0 Å². The van der Waals surface area contributed by atoms with Crippen LogP contribution in [0.2, 0.25) is 0 Å². The SMILES string of the molecule is CC(C)[C@@H](CO)NS(=O)(=O)c1cccc(F)c1. The quantitative estimate of drug-likeness (QED) is 0.834. The predicted octanol–water partition coefficient (Wildman–Crippen LogP) is 1.12. The van der Waals surface area contributed by atoms with Gasteiger partial charge in [-0.15, -0.1) is 0 Å². The fourth-order valence-corrected chi connectivity index (χ4v) is 2.69. The summed E-state index contributed by atoms with van der Waals surface area (Å²) in [5.74, 6) is -0.665. The molecule has 0 unspecified atom stereocenters. The van der Waals surface area contributed by atoms with E-state index in [1.54, 1.807) is 13.8 Å². The number of aliphatic hydroxyl groups is 1. The highest BCUT2D eigenvalue weighted by Crippen LogP contribution is 2.12. The zero-order chi connectivity index (χ0) is 13.1. The van der Waals surface area contributed by atoms with E-state index in [-0.39, 0.29) is 17.4 Å². The molecule has 0 bridgehead atoms. The Labute approximate surface area is 101 Å². The van der Waals surface area contributed by atoms with Crippen LogP contribution in [0.1, 0.15) is 13.8 Å². The van der Waals surface area contributed by atoms with Gasteiger partial charge >= 0.3 is 0 Å². The highest BCUT2D eigenvalue weighted by atomic mass is 32.2. The van der Waals surface area contributed by atoms with Crippen molar-refractivity contribution in [2.45, 2.75) is 24.8 Å². The average Bonchev–Trinajstić information content (AvgIpc) is 2.25. The zero-order valence-electron chi connectivity index (χ0n) is 9.72. The second kappa shape index (κ2) is 5.57. The highest BCUT2D eigenvalue weighted by Gasteiger charge is 2.21. The fraction of sp³-hybridized carbons (Fsp3) is 0.455. The van der Waals surface area contributed by atoms with Gasteiger partial charge in [0.1, 0.15) is 5.82 Å². The molecule has 0 fully saturated rings. The zero-order valence-corrected chi connectivity index (χ0v) is 10.5. The molecule has 0 saturated heterocycles. The first-order valence-corrected chi connectivity index (χ1v) is 6.74. The molecule has 2 N–H and O–H groups in total. The molecule has 4 nitrogen and oxygen atoms in total.